The number of hydrogen-bond acceptors (Lipinski definition) is 6. The van der Waals surface area contributed by atoms with Crippen molar-refractivity contribution in [3.63, 3.8) is 0 Å². The maximum absolute atomic E-state index is 11.6. The topological polar surface area (TPSA) is 67.3 Å². The number of hydrogen-bond donors (Lipinski definition) is 0. The minimum Gasteiger partial charge on any atom is -0.343 e. The van der Waals surface area contributed by atoms with Gasteiger partial charge in [0, 0.05) is 18.5 Å². The minimum absolute atomic E-state index is 0.0727. The third kappa shape index (κ3) is 2.53. The van der Waals surface area contributed by atoms with Crippen LogP contribution in [-0.4, -0.2) is 43.8 Å². The number of aromatic nitrogens is 1. The van der Waals surface area contributed by atoms with Gasteiger partial charge in [0.05, 0.1) is 22.1 Å². The predicted molar refractivity (Wildman–Crippen MR) is 74.9 cm³/mol. The SMILES string of the molecule is CC1CS(=O)(=O)CCN1c1nc(C2CC2)c(C=O)s1. The Morgan fingerprint density at radius 1 is 1.42 bits per heavy atom. The van der Waals surface area contributed by atoms with E-state index in [1.54, 1.807) is 0 Å². The lowest BCUT2D eigenvalue weighted by atomic mass is 10.3. The van der Waals surface area contributed by atoms with Crippen molar-refractivity contribution < 1.29 is 13.2 Å². The lowest BCUT2D eigenvalue weighted by Crippen LogP contribution is -2.47. The Morgan fingerprint density at radius 2 is 2.16 bits per heavy atom. The molecule has 7 heteroatoms. The van der Waals surface area contributed by atoms with Crippen LogP contribution in [0.3, 0.4) is 0 Å². The van der Waals surface area contributed by atoms with E-state index in [1.807, 2.05) is 11.8 Å². The van der Waals surface area contributed by atoms with E-state index in [-0.39, 0.29) is 17.5 Å². The second-order valence-corrected chi connectivity index (χ2v) is 8.53. The Balaban J connectivity index is 1.88. The summed E-state index contributed by atoms with van der Waals surface area (Å²) in [7, 11) is -2.92. The molecule has 3 rings (SSSR count). The normalized spacial score (nSPS) is 26.4. The van der Waals surface area contributed by atoms with Crippen molar-refractivity contribution >= 4 is 32.6 Å². The van der Waals surface area contributed by atoms with E-state index < -0.39 is 9.84 Å². The molecule has 0 radical (unpaired) electrons. The number of anilines is 1. The van der Waals surface area contributed by atoms with Gasteiger partial charge in [-0.2, -0.15) is 0 Å². The standard InChI is InChI=1S/C12H16N2O3S2/c1-8-7-19(16,17)5-4-14(8)12-13-11(9-2-3-9)10(6-15)18-12/h6,8-9H,2-5,7H2,1H3. The first-order valence-electron chi connectivity index (χ1n) is 6.43. The quantitative estimate of drug-likeness (QED) is 0.791. The largest absolute Gasteiger partial charge is 0.343 e. The molecule has 0 bridgehead atoms. The zero-order chi connectivity index (χ0) is 13.6. The molecule has 19 heavy (non-hydrogen) atoms. The van der Waals surface area contributed by atoms with Gasteiger partial charge in [-0.25, -0.2) is 13.4 Å². The Kier molecular flexibility index (Phi) is 3.13. The summed E-state index contributed by atoms with van der Waals surface area (Å²) in [5.41, 5.74) is 0.913. The van der Waals surface area contributed by atoms with Gasteiger partial charge in [-0.05, 0) is 19.8 Å². The van der Waals surface area contributed by atoms with Crippen molar-refractivity contribution in [1.82, 2.24) is 4.98 Å². The fourth-order valence-corrected chi connectivity index (χ4v) is 5.12. The van der Waals surface area contributed by atoms with Crippen LogP contribution in [0.1, 0.15) is 41.0 Å². The van der Waals surface area contributed by atoms with Crippen LogP contribution in [0.5, 0.6) is 0 Å². The summed E-state index contributed by atoms with van der Waals surface area (Å²) in [5.74, 6) is 0.780. The fourth-order valence-electron chi connectivity index (χ4n) is 2.47. The fraction of sp³-hybridized carbons (Fsp3) is 0.667. The summed E-state index contributed by atoms with van der Waals surface area (Å²) >= 11 is 1.39. The van der Waals surface area contributed by atoms with E-state index >= 15 is 0 Å². The first kappa shape index (κ1) is 13.1. The lowest BCUT2D eigenvalue weighted by molar-refractivity contribution is 0.112. The number of aldehydes is 1. The van der Waals surface area contributed by atoms with Gasteiger partial charge in [-0.1, -0.05) is 11.3 Å². The Bertz CT molecular complexity index is 604. The monoisotopic (exact) mass is 300 g/mol. The molecule has 1 saturated carbocycles. The molecule has 0 amide bonds. The third-order valence-electron chi connectivity index (χ3n) is 3.66. The number of carbonyl (C=O) groups is 1. The van der Waals surface area contributed by atoms with Gasteiger partial charge < -0.3 is 4.90 Å². The van der Waals surface area contributed by atoms with Crippen LogP contribution >= 0.6 is 11.3 Å². The zero-order valence-electron chi connectivity index (χ0n) is 10.7. The molecule has 0 N–H and O–H groups in total. The second-order valence-electron chi connectivity index (χ2n) is 5.29. The zero-order valence-corrected chi connectivity index (χ0v) is 12.3. The molecule has 2 fully saturated rings. The molecule has 0 spiro atoms. The van der Waals surface area contributed by atoms with Crippen LogP contribution in [0.15, 0.2) is 0 Å². The molecule has 2 heterocycles. The summed E-state index contributed by atoms with van der Waals surface area (Å²) in [4.78, 5) is 18.4. The highest BCUT2D eigenvalue weighted by atomic mass is 32.2. The second kappa shape index (κ2) is 4.56. The van der Waals surface area contributed by atoms with Crippen LogP contribution in [0.2, 0.25) is 0 Å². The van der Waals surface area contributed by atoms with Crippen LogP contribution in [0.25, 0.3) is 0 Å². The molecule has 1 saturated heterocycles. The average Bonchev–Trinajstić information content (AvgIpc) is 3.09. The summed E-state index contributed by atoms with van der Waals surface area (Å²) in [6, 6.07) is -0.0727. The van der Waals surface area contributed by atoms with Gasteiger partial charge in [0.25, 0.3) is 0 Å². The first-order chi connectivity index (χ1) is 9.00. The number of thiazole rings is 1. The highest BCUT2D eigenvalue weighted by molar-refractivity contribution is 7.91. The molecule has 1 unspecified atom stereocenters. The van der Waals surface area contributed by atoms with E-state index in [4.69, 9.17) is 0 Å². The van der Waals surface area contributed by atoms with Gasteiger partial charge in [0.15, 0.2) is 21.3 Å². The Hall–Kier alpha value is -0.950. The van der Waals surface area contributed by atoms with Crippen molar-refractivity contribution in [2.45, 2.75) is 31.7 Å². The molecule has 1 atom stereocenters. The van der Waals surface area contributed by atoms with Crippen LogP contribution in [-0.2, 0) is 9.84 Å². The van der Waals surface area contributed by atoms with Gasteiger partial charge in [-0.3, -0.25) is 4.79 Å². The van der Waals surface area contributed by atoms with E-state index in [9.17, 15) is 13.2 Å². The number of nitrogens with zero attached hydrogens (tertiary/aromatic N) is 2. The molecular weight excluding hydrogens is 284 g/mol. The minimum atomic E-state index is -2.92. The van der Waals surface area contributed by atoms with Crippen LogP contribution in [0.4, 0.5) is 5.13 Å². The summed E-state index contributed by atoms with van der Waals surface area (Å²) < 4.78 is 23.2. The van der Waals surface area contributed by atoms with Gasteiger partial charge in [0.1, 0.15) is 0 Å². The summed E-state index contributed by atoms with van der Waals surface area (Å²) in [6.45, 7) is 2.37. The molecule has 1 aromatic rings. The number of sulfone groups is 1. The predicted octanol–water partition coefficient (Wildman–Crippen LogP) is 1.46. The van der Waals surface area contributed by atoms with Crippen molar-refractivity contribution in [2.75, 3.05) is 23.0 Å². The molecule has 1 aliphatic heterocycles. The van der Waals surface area contributed by atoms with Crippen molar-refractivity contribution in [1.29, 1.82) is 0 Å². The van der Waals surface area contributed by atoms with Crippen molar-refractivity contribution in [2.24, 2.45) is 0 Å². The molecule has 1 aromatic heterocycles. The van der Waals surface area contributed by atoms with Crippen LogP contribution in [0, 0.1) is 0 Å². The maximum Gasteiger partial charge on any atom is 0.186 e. The molecular formula is C12H16N2O3S2. The van der Waals surface area contributed by atoms with E-state index in [2.05, 4.69) is 4.98 Å². The van der Waals surface area contributed by atoms with E-state index in [1.165, 1.54) is 11.3 Å². The van der Waals surface area contributed by atoms with Crippen LogP contribution < -0.4 is 4.90 Å². The van der Waals surface area contributed by atoms with Crippen molar-refractivity contribution in [3.05, 3.63) is 10.6 Å². The first-order valence-corrected chi connectivity index (χ1v) is 9.07. The third-order valence-corrected chi connectivity index (χ3v) is 6.49. The molecule has 0 aromatic carbocycles. The smallest absolute Gasteiger partial charge is 0.186 e. The van der Waals surface area contributed by atoms with Gasteiger partial charge in [0.2, 0.25) is 0 Å². The Labute approximate surface area is 116 Å². The molecule has 104 valence electrons. The number of carbonyl (C=O) groups excluding carboxylic acids is 1. The van der Waals surface area contributed by atoms with Gasteiger partial charge >= 0.3 is 0 Å². The van der Waals surface area contributed by atoms with Gasteiger partial charge in [-0.15, -0.1) is 0 Å². The van der Waals surface area contributed by atoms with Crippen molar-refractivity contribution in [3.8, 4) is 0 Å². The summed E-state index contributed by atoms with van der Waals surface area (Å²) in [6.07, 6.45) is 3.09. The molecule has 5 nitrogen and oxygen atoms in total. The number of rotatable bonds is 3. The maximum atomic E-state index is 11.6. The lowest BCUT2D eigenvalue weighted by Gasteiger charge is -2.32. The van der Waals surface area contributed by atoms with E-state index in [0.29, 0.717) is 17.3 Å². The average molecular weight is 300 g/mol. The highest BCUT2D eigenvalue weighted by Gasteiger charge is 2.34. The summed E-state index contributed by atoms with van der Waals surface area (Å²) in [5, 5.41) is 0.798. The Morgan fingerprint density at radius 3 is 2.74 bits per heavy atom. The molecule has 1 aliphatic carbocycles. The highest BCUT2D eigenvalue weighted by Crippen LogP contribution is 2.44. The molecule has 2 aliphatic rings. The van der Waals surface area contributed by atoms with E-state index in [0.717, 1.165) is 30.0 Å².